The second kappa shape index (κ2) is 6.11. The summed E-state index contributed by atoms with van der Waals surface area (Å²) in [6.45, 7) is 0. The first-order valence-electron chi connectivity index (χ1n) is 6.96. The molecule has 1 aromatic carbocycles. The summed E-state index contributed by atoms with van der Waals surface area (Å²) in [5.41, 5.74) is 7.02. The van der Waals surface area contributed by atoms with Gasteiger partial charge in [0.15, 0.2) is 0 Å². The van der Waals surface area contributed by atoms with E-state index in [1.807, 2.05) is 0 Å². The van der Waals surface area contributed by atoms with E-state index in [2.05, 4.69) is 5.32 Å². The van der Waals surface area contributed by atoms with E-state index >= 15 is 0 Å². The molecular formula is C14H23N3O2S. The highest BCUT2D eigenvalue weighted by Gasteiger charge is 2.22. The topological polar surface area (TPSA) is 75.4 Å². The van der Waals surface area contributed by atoms with Gasteiger partial charge in [-0.15, -0.1) is 0 Å². The maximum atomic E-state index is 12.0. The monoisotopic (exact) mass is 297 g/mol. The summed E-state index contributed by atoms with van der Waals surface area (Å²) in [6.07, 6.45) is 4.50. The summed E-state index contributed by atoms with van der Waals surface area (Å²) in [5.74, 6) is 0. The molecule has 1 aromatic rings. The number of rotatable bonds is 4. The van der Waals surface area contributed by atoms with Gasteiger partial charge in [-0.25, -0.2) is 12.7 Å². The SMILES string of the molecule is CN(C)S(=O)(=O)c1ccc(NC2CCCCC2N)cc1. The van der Waals surface area contributed by atoms with E-state index in [0.29, 0.717) is 4.90 Å². The number of nitrogens with two attached hydrogens (primary N) is 1. The lowest BCUT2D eigenvalue weighted by Crippen LogP contribution is -2.42. The quantitative estimate of drug-likeness (QED) is 0.885. The molecule has 0 radical (unpaired) electrons. The summed E-state index contributed by atoms with van der Waals surface area (Å²) in [6, 6.07) is 7.32. The average molecular weight is 297 g/mol. The van der Waals surface area contributed by atoms with Crippen molar-refractivity contribution in [3.63, 3.8) is 0 Å². The Morgan fingerprint density at radius 2 is 1.75 bits per heavy atom. The fraction of sp³-hybridized carbons (Fsp3) is 0.571. The zero-order valence-corrected chi connectivity index (χ0v) is 12.9. The minimum atomic E-state index is -3.36. The second-order valence-corrected chi connectivity index (χ2v) is 7.66. The van der Waals surface area contributed by atoms with Crippen LogP contribution in [0.4, 0.5) is 5.69 Å². The van der Waals surface area contributed by atoms with Crippen molar-refractivity contribution in [3.05, 3.63) is 24.3 Å². The molecule has 0 aliphatic heterocycles. The van der Waals surface area contributed by atoms with E-state index < -0.39 is 10.0 Å². The first-order valence-corrected chi connectivity index (χ1v) is 8.40. The van der Waals surface area contributed by atoms with Crippen molar-refractivity contribution in [3.8, 4) is 0 Å². The molecule has 1 aliphatic rings. The third kappa shape index (κ3) is 3.31. The maximum absolute atomic E-state index is 12.0. The Kier molecular flexibility index (Phi) is 4.67. The zero-order chi connectivity index (χ0) is 14.8. The van der Waals surface area contributed by atoms with Crippen LogP contribution in [0, 0.1) is 0 Å². The number of nitrogens with one attached hydrogen (secondary N) is 1. The molecule has 0 aromatic heterocycles. The Morgan fingerprint density at radius 3 is 2.30 bits per heavy atom. The van der Waals surface area contributed by atoms with E-state index in [9.17, 15) is 8.42 Å². The fourth-order valence-corrected chi connectivity index (χ4v) is 3.39. The standard InChI is InChI=1S/C14H23N3O2S/c1-17(2)20(18,19)12-9-7-11(8-10-12)16-14-6-4-3-5-13(14)15/h7-10,13-14,16H,3-6,15H2,1-2H3. The van der Waals surface area contributed by atoms with Gasteiger partial charge < -0.3 is 11.1 Å². The van der Waals surface area contributed by atoms with Crippen LogP contribution in [-0.2, 0) is 10.0 Å². The lowest BCUT2D eigenvalue weighted by molar-refractivity contribution is 0.404. The Hall–Kier alpha value is -1.11. The minimum absolute atomic E-state index is 0.175. The van der Waals surface area contributed by atoms with E-state index in [1.165, 1.54) is 31.2 Å². The molecule has 0 bridgehead atoms. The highest BCUT2D eigenvalue weighted by atomic mass is 32.2. The van der Waals surface area contributed by atoms with Gasteiger partial charge in [0.2, 0.25) is 10.0 Å². The summed E-state index contributed by atoms with van der Waals surface area (Å²) >= 11 is 0. The van der Waals surface area contributed by atoms with Crippen LogP contribution in [0.2, 0.25) is 0 Å². The van der Waals surface area contributed by atoms with Gasteiger partial charge in [0.05, 0.1) is 4.90 Å². The third-order valence-electron chi connectivity index (χ3n) is 3.80. The Morgan fingerprint density at radius 1 is 1.15 bits per heavy atom. The van der Waals surface area contributed by atoms with Crippen LogP contribution in [0.3, 0.4) is 0 Å². The first kappa shape index (κ1) is 15.3. The maximum Gasteiger partial charge on any atom is 0.242 e. The van der Waals surface area contributed by atoms with Crippen molar-refractivity contribution in [1.29, 1.82) is 0 Å². The molecule has 0 saturated heterocycles. The van der Waals surface area contributed by atoms with Crippen molar-refractivity contribution in [2.45, 2.75) is 42.7 Å². The van der Waals surface area contributed by atoms with Crippen LogP contribution in [0.5, 0.6) is 0 Å². The van der Waals surface area contributed by atoms with Crippen LogP contribution < -0.4 is 11.1 Å². The van der Waals surface area contributed by atoms with Crippen molar-refractivity contribution < 1.29 is 8.42 Å². The summed E-state index contributed by atoms with van der Waals surface area (Å²) in [4.78, 5) is 0.306. The van der Waals surface area contributed by atoms with Gasteiger partial charge in [0.25, 0.3) is 0 Å². The zero-order valence-electron chi connectivity index (χ0n) is 12.0. The molecule has 0 amide bonds. The molecule has 5 nitrogen and oxygen atoms in total. The van der Waals surface area contributed by atoms with Gasteiger partial charge in [-0.3, -0.25) is 0 Å². The van der Waals surface area contributed by atoms with E-state index in [0.717, 1.165) is 18.5 Å². The van der Waals surface area contributed by atoms with Gasteiger partial charge in [0.1, 0.15) is 0 Å². The number of hydrogen-bond acceptors (Lipinski definition) is 4. The predicted octanol–water partition coefficient (Wildman–Crippen LogP) is 1.62. The summed E-state index contributed by atoms with van der Waals surface area (Å²) in [7, 11) is -0.296. The van der Waals surface area contributed by atoms with Crippen LogP contribution in [-0.4, -0.2) is 38.9 Å². The number of anilines is 1. The van der Waals surface area contributed by atoms with E-state index in [1.54, 1.807) is 24.3 Å². The van der Waals surface area contributed by atoms with Crippen LogP contribution >= 0.6 is 0 Å². The Bertz CT molecular complexity index is 540. The molecule has 2 rings (SSSR count). The van der Waals surface area contributed by atoms with E-state index in [-0.39, 0.29) is 12.1 Å². The molecule has 0 spiro atoms. The number of hydrogen-bond donors (Lipinski definition) is 2. The molecular weight excluding hydrogens is 274 g/mol. The summed E-state index contributed by atoms with van der Waals surface area (Å²) < 4.78 is 25.2. The minimum Gasteiger partial charge on any atom is -0.381 e. The lowest BCUT2D eigenvalue weighted by Gasteiger charge is -2.30. The average Bonchev–Trinajstić information content (AvgIpc) is 2.42. The number of nitrogens with zero attached hydrogens (tertiary/aromatic N) is 1. The van der Waals surface area contributed by atoms with Gasteiger partial charge >= 0.3 is 0 Å². The van der Waals surface area contributed by atoms with Gasteiger partial charge in [-0.2, -0.15) is 0 Å². The third-order valence-corrected chi connectivity index (χ3v) is 5.63. The highest BCUT2D eigenvalue weighted by molar-refractivity contribution is 7.89. The van der Waals surface area contributed by atoms with Crippen LogP contribution in [0.15, 0.2) is 29.2 Å². The first-order chi connectivity index (χ1) is 9.41. The molecule has 20 heavy (non-hydrogen) atoms. The number of benzene rings is 1. The molecule has 3 N–H and O–H groups in total. The molecule has 1 aliphatic carbocycles. The van der Waals surface area contributed by atoms with Crippen LogP contribution in [0.25, 0.3) is 0 Å². The second-order valence-electron chi connectivity index (χ2n) is 5.51. The molecule has 1 fully saturated rings. The van der Waals surface area contributed by atoms with Crippen molar-refractivity contribution in [2.24, 2.45) is 5.73 Å². The molecule has 2 atom stereocenters. The highest BCUT2D eigenvalue weighted by Crippen LogP contribution is 2.22. The van der Waals surface area contributed by atoms with Gasteiger partial charge in [0, 0.05) is 31.9 Å². The van der Waals surface area contributed by atoms with Crippen LogP contribution in [0.1, 0.15) is 25.7 Å². The molecule has 0 heterocycles. The van der Waals surface area contributed by atoms with Crippen molar-refractivity contribution in [2.75, 3.05) is 19.4 Å². The lowest BCUT2D eigenvalue weighted by atomic mass is 9.91. The van der Waals surface area contributed by atoms with Gasteiger partial charge in [-0.1, -0.05) is 12.8 Å². The molecule has 6 heteroatoms. The Labute approximate surface area is 121 Å². The fourth-order valence-electron chi connectivity index (χ4n) is 2.49. The van der Waals surface area contributed by atoms with Gasteiger partial charge in [-0.05, 0) is 37.1 Å². The Balaban J connectivity index is 2.09. The van der Waals surface area contributed by atoms with Crippen molar-refractivity contribution in [1.82, 2.24) is 4.31 Å². The summed E-state index contributed by atoms with van der Waals surface area (Å²) in [5, 5.41) is 3.41. The molecule has 2 unspecified atom stereocenters. The molecule has 1 saturated carbocycles. The number of sulfonamides is 1. The van der Waals surface area contributed by atoms with Crippen molar-refractivity contribution >= 4 is 15.7 Å². The normalized spacial score (nSPS) is 23.8. The van der Waals surface area contributed by atoms with E-state index in [4.69, 9.17) is 5.73 Å². The predicted molar refractivity (Wildman–Crippen MR) is 81.2 cm³/mol. The molecule has 112 valence electrons. The smallest absolute Gasteiger partial charge is 0.242 e. The largest absolute Gasteiger partial charge is 0.381 e.